The van der Waals surface area contributed by atoms with Gasteiger partial charge in [-0.3, -0.25) is 4.68 Å². The van der Waals surface area contributed by atoms with Crippen LogP contribution in [-0.2, 0) is 6.54 Å². The first-order chi connectivity index (χ1) is 12.6. The van der Waals surface area contributed by atoms with E-state index in [0.29, 0.717) is 28.7 Å². The molecule has 4 N–H and O–H groups in total. The van der Waals surface area contributed by atoms with Crippen LogP contribution in [0.3, 0.4) is 0 Å². The minimum absolute atomic E-state index is 0. The van der Waals surface area contributed by atoms with E-state index in [1.165, 1.54) is 6.20 Å². The summed E-state index contributed by atoms with van der Waals surface area (Å²) in [7, 11) is 0. The molecule has 27 heavy (non-hydrogen) atoms. The fraction of sp³-hybridized carbons (Fsp3) is 0.471. The second-order valence-electron chi connectivity index (χ2n) is 6.69. The molecule has 0 spiro atoms. The summed E-state index contributed by atoms with van der Waals surface area (Å²) in [5.74, 6) is 1.01. The number of hydrogen-bond donors (Lipinski definition) is 4. The van der Waals surface area contributed by atoms with E-state index in [1.54, 1.807) is 6.20 Å². The predicted octanol–water partition coefficient (Wildman–Crippen LogP) is 2.89. The number of nitrogens with one attached hydrogen (secondary N) is 4. The minimum atomic E-state index is -0.357. The van der Waals surface area contributed by atoms with E-state index in [0.717, 1.165) is 31.7 Å². The van der Waals surface area contributed by atoms with Crippen molar-refractivity contribution in [1.82, 2.24) is 30.0 Å². The van der Waals surface area contributed by atoms with Crippen LogP contribution in [0.1, 0.15) is 20.3 Å². The summed E-state index contributed by atoms with van der Waals surface area (Å²) >= 11 is 0. The van der Waals surface area contributed by atoms with Gasteiger partial charge >= 0.3 is 0 Å². The molecule has 0 aromatic carbocycles. The molecule has 1 fully saturated rings. The van der Waals surface area contributed by atoms with Crippen molar-refractivity contribution < 1.29 is 4.39 Å². The largest absolute Gasteiger partial charge is 0.365 e. The smallest absolute Gasteiger partial charge is 0.231 e. The molecular formula is C17H24ClFN8. The lowest BCUT2D eigenvalue weighted by Gasteiger charge is -2.30. The van der Waals surface area contributed by atoms with Crippen LogP contribution >= 0.6 is 12.4 Å². The van der Waals surface area contributed by atoms with E-state index in [-0.39, 0.29) is 24.3 Å². The standard InChI is InChI=1S/C17H23FN8.ClH/c1-3-26-9-11(6-21-26)22-17-24-15-14(12(18)7-20-15)16(25-17)23-13-8-19-5-4-10(13)2;/h6-7,9-10,13,19H,3-5,8H2,1-2H3,(H3,20,22,23,24,25);1H/t10-,13+;/m1./s1. The highest BCUT2D eigenvalue weighted by molar-refractivity contribution is 5.89. The van der Waals surface area contributed by atoms with E-state index in [4.69, 9.17) is 0 Å². The Balaban J connectivity index is 0.00000210. The van der Waals surface area contributed by atoms with Crippen LogP contribution in [0.15, 0.2) is 18.6 Å². The quantitative estimate of drug-likeness (QED) is 0.531. The molecule has 0 amide bonds. The zero-order chi connectivity index (χ0) is 18.1. The monoisotopic (exact) mass is 394 g/mol. The van der Waals surface area contributed by atoms with E-state index in [1.807, 2.05) is 17.8 Å². The number of piperidine rings is 1. The molecule has 3 aromatic rings. The molecule has 0 bridgehead atoms. The van der Waals surface area contributed by atoms with Gasteiger partial charge in [0.2, 0.25) is 5.95 Å². The maximum absolute atomic E-state index is 14.3. The molecule has 1 saturated heterocycles. The Morgan fingerprint density at radius 3 is 2.96 bits per heavy atom. The van der Waals surface area contributed by atoms with Gasteiger partial charge < -0.3 is 20.9 Å². The molecule has 2 atom stereocenters. The zero-order valence-corrected chi connectivity index (χ0v) is 16.1. The van der Waals surface area contributed by atoms with Crippen molar-refractivity contribution in [3.63, 3.8) is 0 Å². The SMILES string of the molecule is CCn1cc(Nc2nc(N[C@H]3CNCC[C@H]3C)c3c(F)c[nH]c3n2)cn1.Cl. The topological polar surface area (TPSA) is 95.5 Å². The number of anilines is 3. The molecule has 0 aliphatic carbocycles. The van der Waals surface area contributed by atoms with Crippen LogP contribution in [-0.4, -0.2) is 43.9 Å². The average molecular weight is 395 g/mol. The molecule has 3 aromatic heterocycles. The highest BCUT2D eigenvalue weighted by Gasteiger charge is 2.23. The normalized spacial score (nSPS) is 19.7. The lowest BCUT2D eigenvalue weighted by molar-refractivity contribution is 0.366. The van der Waals surface area contributed by atoms with Crippen molar-refractivity contribution >= 4 is 40.9 Å². The Bertz CT molecular complexity index is 908. The number of rotatable bonds is 5. The maximum atomic E-state index is 14.3. The molecule has 146 valence electrons. The number of halogens is 2. The fourth-order valence-electron chi connectivity index (χ4n) is 3.24. The summed E-state index contributed by atoms with van der Waals surface area (Å²) in [6, 6.07) is 0.187. The molecule has 4 rings (SSSR count). The second kappa shape index (κ2) is 8.10. The molecule has 0 radical (unpaired) electrons. The average Bonchev–Trinajstić information content (AvgIpc) is 3.24. The van der Waals surface area contributed by atoms with Crippen molar-refractivity contribution in [2.45, 2.75) is 32.9 Å². The Hall–Kier alpha value is -2.39. The number of H-pyrrole nitrogens is 1. The highest BCUT2D eigenvalue weighted by atomic mass is 35.5. The lowest BCUT2D eigenvalue weighted by atomic mass is 9.95. The van der Waals surface area contributed by atoms with Gasteiger partial charge in [0.15, 0.2) is 5.82 Å². The Morgan fingerprint density at radius 2 is 2.22 bits per heavy atom. The third kappa shape index (κ3) is 3.98. The van der Waals surface area contributed by atoms with Gasteiger partial charge in [-0.2, -0.15) is 15.1 Å². The van der Waals surface area contributed by atoms with Crippen LogP contribution in [0.25, 0.3) is 11.0 Å². The third-order valence-corrected chi connectivity index (χ3v) is 4.85. The van der Waals surface area contributed by atoms with Crippen molar-refractivity contribution in [3.8, 4) is 0 Å². The van der Waals surface area contributed by atoms with Gasteiger partial charge in [0, 0.05) is 31.5 Å². The van der Waals surface area contributed by atoms with Crippen LogP contribution in [0, 0.1) is 11.7 Å². The van der Waals surface area contributed by atoms with E-state index in [2.05, 4.69) is 42.9 Å². The summed E-state index contributed by atoms with van der Waals surface area (Å²) in [4.78, 5) is 11.8. The number of aryl methyl sites for hydroxylation is 1. The fourth-order valence-corrected chi connectivity index (χ4v) is 3.24. The van der Waals surface area contributed by atoms with Gasteiger partial charge in [-0.1, -0.05) is 6.92 Å². The van der Waals surface area contributed by atoms with Gasteiger partial charge in [-0.05, 0) is 25.8 Å². The van der Waals surface area contributed by atoms with Crippen LogP contribution in [0.4, 0.5) is 21.8 Å². The number of aromatic nitrogens is 5. The Morgan fingerprint density at radius 1 is 1.37 bits per heavy atom. The zero-order valence-electron chi connectivity index (χ0n) is 15.3. The third-order valence-electron chi connectivity index (χ3n) is 4.85. The van der Waals surface area contributed by atoms with E-state index in [9.17, 15) is 4.39 Å². The molecule has 4 heterocycles. The molecule has 1 aliphatic rings. The summed E-state index contributed by atoms with van der Waals surface area (Å²) in [5, 5.41) is 14.5. The minimum Gasteiger partial charge on any atom is -0.365 e. The van der Waals surface area contributed by atoms with Gasteiger partial charge in [-0.15, -0.1) is 12.4 Å². The van der Waals surface area contributed by atoms with Gasteiger partial charge in [0.25, 0.3) is 0 Å². The first kappa shape index (κ1) is 19.4. The highest BCUT2D eigenvalue weighted by Crippen LogP contribution is 2.27. The summed E-state index contributed by atoms with van der Waals surface area (Å²) in [6.07, 6.45) is 5.98. The number of fused-ring (bicyclic) bond motifs is 1. The lowest BCUT2D eigenvalue weighted by Crippen LogP contribution is -2.44. The first-order valence-corrected chi connectivity index (χ1v) is 8.95. The number of hydrogen-bond acceptors (Lipinski definition) is 6. The van der Waals surface area contributed by atoms with Crippen molar-refractivity contribution in [1.29, 1.82) is 0 Å². The van der Waals surface area contributed by atoms with Gasteiger partial charge in [0.1, 0.15) is 11.5 Å². The summed E-state index contributed by atoms with van der Waals surface area (Å²) < 4.78 is 16.1. The molecular weight excluding hydrogens is 371 g/mol. The number of nitrogens with zero attached hydrogens (tertiary/aromatic N) is 4. The predicted molar refractivity (Wildman–Crippen MR) is 106 cm³/mol. The van der Waals surface area contributed by atoms with Gasteiger partial charge in [-0.25, -0.2) is 4.39 Å². The van der Waals surface area contributed by atoms with Gasteiger partial charge in [0.05, 0.1) is 17.3 Å². The van der Waals surface area contributed by atoms with Crippen LogP contribution in [0.2, 0.25) is 0 Å². The molecule has 1 aliphatic heterocycles. The first-order valence-electron chi connectivity index (χ1n) is 8.95. The number of aromatic amines is 1. The van der Waals surface area contributed by atoms with Crippen molar-refractivity contribution in [3.05, 3.63) is 24.4 Å². The van der Waals surface area contributed by atoms with Crippen molar-refractivity contribution in [2.24, 2.45) is 5.92 Å². The van der Waals surface area contributed by atoms with E-state index >= 15 is 0 Å². The Labute approximate surface area is 162 Å². The summed E-state index contributed by atoms with van der Waals surface area (Å²) in [5.41, 5.74) is 1.25. The Kier molecular flexibility index (Phi) is 5.81. The van der Waals surface area contributed by atoms with Crippen LogP contribution < -0.4 is 16.0 Å². The molecule has 0 saturated carbocycles. The summed E-state index contributed by atoms with van der Waals surface area (Å²) in [6.45, 7) is 6.82. The molecule has 0 unspecified atom stereocenters. The van der Waals surface area contributed by atoms with Crippen LogP contribution in [0.5, 0.6) is 0 Å². The van der Waals surface area contributed by atoms with E-state index < -0.39 is 0 Å². The molecule has 8 nitrogen and oxygen atoms in total. The van der Waals surface area contributed by atoms with Crippen molar-refractivity contribution in [2.75, 3.05) is 23.7 Å². The maximum Gasteiger partial charge on any atom is 0.231 e. The second-order valence-corrected chi connectivity index (χ2v) is 6.69. The molecule has 10 heteroatoms.